The van der Waals surface area contributed by atoms with Crippen LogP contribution in [-0.2, 0) is 9.84 Å². The second kappa shape index (κ2) is 4.22. The normalized spacial score (nSPS) is 12.3. The lowest BCUT2D eigenvalue weighted by Crippen LogP contribution is -2.08. The number of alkyl halides is 1. The summed E-state index contributed by atoms with van der Waals surface area (Å²) in [5, 5.41) is 1.88. The predicted octanol–water partition coefficient (Wildman–Crippen LogP) is 5.32. The van der Waals surface area contributed by atoms with Crippen molar-refractivity contribution in [3.63, 3.8) is 0 Å². The predicted molar refractivity (Wildman–Crippen MR) is 77.6 cm³/mol. The van der Waals surface area contributed by atoms with Crippen molar-refractivity contribution < 1.29 is 4.42 Å². The molecule has 0 aliphatic rings. The highest BCUT2D eigenvalue weighted by atomic mass is 127. The van der Waals surface area contributed by atoms with E-state index in [0.717, 1.165) is 26.2 Å². The minimum atomic E-state index is 0.0358. The Balaban J connectivity index is 2.70. The first-order valence-electron chi connectivity index (χ1n) is 5.20. The van der Waals surface area contributed by atoms with Crippen LogP contribution in [0.15, 0.2) is 22.6 Å². The maximum absolute atomic E-state index is 6.08. The summed E-state index contributed by atoms with van der Waals surface area (Å²) in [6, 6.07) is 6.04. The number of rotatable bonds is 1. The zero-order valence-electron chi connectivity index (χ0n) is 9.60. The highest BCUT2D eigenvalue weighted by Crippen LogP contribution is 2.33. The van der Waals surface area contributed by atoms with Crippen LogP contribution in [0.25, 0.3) is 11.0 Å². The SMILES string of the molecule is CC(C)(C)c1cc2cc(Cl)cc(CI)c2o1. The maximum Gasteiger partial charge on any atom is 0.138 e. The molecule has 1 aromatic carbocycles. The summed E-state index contributed by atoms with van der Waals surface area (Å²) >= 11 is 8.41. The largest absolute Gasteiger partial charge is 0.460 e. The van der Waals surface area contributed by atoms with E-state index in [4.69, 9.17) is 16.0 Å². The summed E-state index contributed by atoms with van der Waals surface area (Å²) in [6.45, 7) is 6.45. The minimum absolute atomic E-state index is 0.0358. The molecule has 0 unspecified atom stereocenters. The number of furan rings is 1. The molecule has 0 bridgehead atoms. The van der Waals surface area contributed by atoms with Gasteiger partial charge in [0, 0.05) is 25.8 Å². The zero-order chi connectivity index (χ0) is 11.9. The second-order valence-electron chi connectivity index (χ2n) is 4.98. The van der Waals surface area contributed by atoms with Gasteiger partial charge in [0.05, 0.1) is 0 Å². The van der Waals surface area contributed by atoms with Gasteiger partial charge in [0.2, 0.25) is 0 Å². The molecule has 0 atom stereocenters. The first-order chi connectivity index (χ1) is 7.41. The highest BCUT2D eigenvalue weighted by Gasteiger charge is 2.20. The third-order valence-corrected chi connectivity index (χ3v) is 3.58. The molecule has 2 aromatic rings. The highest BCUT2D eigenvalue weighted by molar-refractivity contribution is 14.1. The van der Waals surface area contributed by atoms with Gasteiger partial charge in [0.15, 0.2) is 0 Å². The molecule has 0 fully saturated rings. The molecule has 0 saturated carbocycles. The number of benzene rings is 1. The maximum atomic E-state index is 6.08. The Kier molecular flexibility index (Phi) is 3.23. The van der Waals surface area contributed by atoms with E-state index in [9.17, 15) is 0 Å². The van der Waals surface area contributed by atoms with E-state index in [1.807, 2.05) is 12.1 Å². The number of hydrogen-bond donors (Lipinski definition) is 0. The summed E-state index contributed by atoms with van der Waals surface area (Å²) in [7, 11) is 0. The second-order valence-corrected chi connectivity index (χ2v) is 6.18. The van der Waals surface area contributed by atoms with Crippen molar-refractivity contribution in [2.24, 2.45) is 0 Å². The molecular weight excluding hydrogens is 334 g/mol. The topological polar surface area (TPSA) is 13.1 Å². The molecule has 0 aliphatic carbocycles. The lowest BCUT2D eigenvalue weighted by Gasteiger charge is -2.13. The monoisotopic (exact) mass is 348 g/mol. The van der Waals surface area contributed by atoms with Crippen LogP contribution in [-0.4, -0.2) is 0 Å². The molecule has 0 saturated heterocycles. The smallest absolute Gasteiger partial charge is 0.138 e. The third kappa shape index (κ3) is 2.23. The first-order valence-corrected chi connectivity index (χ1v) is 7.10. The molecule has 0 N–H and O–H groups in total. The summed E-state index contributed by atoms with van der Waals surface area (Å²) in [5.41, 5.74) is 2.18. The quantitative estimate of drug-likeness (QED) is 0.502. The Morgan fingerprint density at radius 3 is 2.50 bits per heavy atom. The van der Waals surface area contributed by atoms with Gasteiger partial charge in [-0.05, 0) is 18.2 Å². The molecule has 2 rings (SSSR count). The molecule has 0 aliphatic heterocycles. The average molecular weight is 349 g/mol. The summed E-state index contributed by atoms with van der Waals surface area (Å²) < 4.78 is 6.85. The molecule has 16 heavy (non-hydrogen) atoms. The number of fused-ring (bicyclic) bond motifs is 1. The van der Waals surface area contributed by atoms with Crippen LogP contribution in [0.2, 0.25) is 5.02 Å². The standard InChI is InChI=1S/C13H14ClIO/c1-13(2,3)11-6-8-4-10(14)5-9(7-15)12(8)16-11/h4-6H,7H2,1-3H3. The van der Waals surface area contributed by atoms with Gasteiger partial charge in [-0.1, -0.05) is 55.0 Å². The van der Waals surface area contributed by atoms with Gasteiger partial charge in [0.1, 0.15) is 11.3 Å². The van der Waals surface area contributed by atoms with Crippen LogP contribution in [0.4, 0.5) is 0 Å². The number of halogens is 2. The van der Waals surface area contributed by atoms with Crippen molar-refractivity contribution in [3.05, 3.63) is 34.5 Å². The Hall–Kier alpha value is -0.220. The van der Waals surface area contributed by atoms with Crippen molar-refractivity contribution in [1.29, 1.82) is 0 Å². The van der Waals surface area contributed by atoms with Crippen molar-refractivity contribution >= 4 is 45.2 Å². The van der Waals surface area contributed by atoms with Gasteiger partial charge >= 0.3 is 0 Å². The van der Waals surface area contributed by atoms with Crippen LogP contribution >= 0.6 is 34.2 Å². The van der Waals surface area contributed by atoms with Crippen LogP contribution in [0.5, 0.6) is 0 Å². The third-order valence-electron chi connectivity index (χ3n) is 2.54. The van der Waals surface area contributed by atoms with E-state index in [1.54, 1.807) is 0 Å². The van der Waals surface area contributed by atoms with Gasteiger partial charge in [0.25, 0.3) is 0 Å². The van der Waals surface area contributed by atoms with Crippen molar-refractivity contribution in [2.45, 2.75) is 30.6 Å². The fourth-order valence-electron chi connectivity index (χ4n) is 1.65. The average Bonchev–Trinajstić information content (AvgIpc) is 2.59. The Morgan fingerprint density at radius 1 is 1.25 bits per heavy atom. The lowest BCUT2D eigenvalue weighted by molar-refractivity contribution is 0.429. The molecule has 86 valence electrons. The van der Waals surface area contributed by atoms with Crippen molar-refractivity contribution in [3.8, 4) is 0 Å². The number of hydrogen-bond acceptors (Lipinski definition) is 1. The molecule has 0 spiro atoms. The molecule has 0 amide bonds. The molecule has 0 radical (unpaired) electrons. The zero-order valence-corrected chi connectivity index (χ0v) is 12.5. The van der Waals surface area contributed by atoms with E-state index in [0.29, 0.717) is 0 Å². The Morgan fingerprint density at radius 2 is 1.94 bits per heavy atom. The molecular formula is C13H14ClIO. The van der Waals surface area contributed by atoms with Gasteiger partial charge in [-0.25, -0.2) is 0 Å². The van der Waals surface area contributed by atoms with Crippen molar-refractivity contribution in [2.75, 3.05) is 0 Å². The van der Waals surface area contributed by atoms with Crippen LogP contribution in [0.3, 0.4) is 0 Å². The van der Waals surface area contributed by atoms with E-state index >= 15 is 0 Å². The molecule has 1 aromatic heterocycles. The van der Waals surface area contributed by atoms with E-state index < -0.39 is 0 Å². The van der Waals surface area contributed by atoms with Gasteiger partial charge in [-0.3, -0.25) is 0 Å². The molecule has 1 nitrogen and oxygen atoms in total. The van der Waals surface area contributed by atoms with E-state index in [2.05, 4.69) is 49.4 Å². The van der Waals surface area contributed by atoms with E-state index in [1.165, 1.54) is 5.56 Å². The molecule has 1 heterocycles. The van der Waals surface area contributed by atoms with Crippen molar-refractivity contribution in [1.82, 2.24) is 0 Å². The lowest BCUT2D eigenvalue weighted by atomic mass is 9.93. The minimum Gasteiger partial charge on any atom is -0.460 e. The van der Waals surface area contributed by atoms with Crippen LogP contribution in [0, 0.1) is 0 Å². The van der Waals surface area contributed by atoms with Crippen LogP contribution in [0.1, 0.15) is 32.1 Å². The summed E-state index contributed by atoms with van der Waals surface area (Å²) in [5.74, 6) is 1.01. The Bertz CT molecular complexity index is 522. The van der Waals surface area contributed by atoms with Crippen LogP contribution < -0.4 is 0 Å². The van der Waals surface area contributed by atoms with Gasteiger partial charge in [-0.15, -0.1) is 0 Å². The summed E-state index contributed by atoms with van der Waals surface area (Å²) in [6.07, 6.45) is 0. The first kappa shape index (κ1) is 12.2. The molecule has 3 heteroatoms. The Labute approximate surface area is 114 Å². The fourth-order valence-corrected chi connectivity index (χ4v) is 2.47. The fraction of sp³-hybridized carbons (Fsp3) is 0.385. The summed E-state index contributed by atoms with van der Waals surface area (Å²) in [4.78, 5) is 0. The van der Waals surface area contributed by atoms with Gasteiger partial charge < -0.3 is 4.42 Å². The van der Waals surface area contributed by atoms with Gasteiger partial charge in [-0.2, -0.15) is 0 Å². The van der Waals surface area contributed by atoms with E-state index in [-0.39, 0.29) is 5.41 Å².